The molecule has 4 aromatic rings. The number of hydrogen-bond acceptors (Lipinski definition) is 8. The van der Waals surface area contributed by atoms with Crippen LogP contribution < -0.4 is 25.2 Å². The van der Waals surface area contributed by atoms with E-state index in [2.05, 4.69) is 26.2 Å². The highest BCUT2D eigenvalue weighted by Gasteiger charge is 2.46. The van der Waals surface area contributed by atoms with Crippen LogP contribution in [0.3, 0.4) is 0 Å². The summed E-state index contributed by atoms with van der Waals surface area (Å²) in [7, 11) is 5.14. The SMILES string of the molecule is COc1cc(-c2cn(C)c(=O)c3[nH]c(C)cc23)cc(OC)c1CN1CCC2(CC1)CN(c1ccc3c(c1)C(=O)N(C1CCC(=O)NC1=O)C3)C2. The molecule has 0 aliphatic carbocycles. The average molecular weight is 679 g/mol. The van der Waals surface area contributed by atoms with Crippen molar-refractivity contribution in [3.8, 4) is 22.6 Å². The first kappa shape index (κ1) is 32.1. The molecule has 260 valence electrons. The second kappa shape index (κ2) is 12.0. The number of amides is 3. The second-order valence-corrected chi connectivity index (χ2v) is 14.4. The summed E-state index contributed by atoms with van der Waals surface area (Å²) in [6, 6.07) is 11.6. The molecule has 3 amide bonds. The predicted molar refractivity (Wildman–Crippen MR) is 188 cm³/mol. The van der Waals surface area contributed by atoms with Crippen molar-refractivity contribution in [2.75, 3.05) is 45.3 Å². The number of anilines is 1. The summed E-state index contributed by atoms with van der Waals surface area (Å²) in [6.45, 7) is 6.84. The molecular weight excluding hydrogens is 636 g/mol. The van der Waals surface area contributed by atoms with Gasteiger partial charge in [-0.2, -0.15) is 0 Å². The van der Waals surface area contributed by atoms with E-state index >= 15 is 0 Å². The molecule has 0 saturated carbocycles. The number of imide groups is 1. The number of aromatic nitrogens is 2. The van der Waals surface area contributed by atoms with Gasteiger partial charge >= 0.3 is 0 Å². The summed E-state index contributed by atoms with van der Waals surface area (Å²) >= 11 is 0. The van der Waals surface area contributed by atoms with Gasteiger partial charge in [0.1, 0.15) is 23.1 Å². The van der Waals surface area contributed by atoms with Gasteiger partial charge in [0, 0.05) is 79.2 Å². The van der Waals surface area contributed by atoms with E-state index < -0.39 is 6.04 Å². The standard InChI is InChI=1S/C38H42N6O6/c1-22-13-27-28(18-41(2)37(48)34(27)39-22)24-14-31(49-3)29(32(15-24)50-4)19-42-11-9-38(10-12-42)20-43(21-38)25-6-5-23-17-44(36(47)26(23)16-25)30-7-8-33(45)40-35(30)46/h5-6,13-16,18,30,39H,7-12,17,19-21H2,1-4H3,(H,40,45,46). The van der Waals surface area contributed by atoms with Crippen molar-refractivity contribution < 1.29 is 23.9 Å². The van der Waals surface area contributed by atoms with Crippen LogP contribution in [0.2, 0.25) is 0 Å². The van der Waals surface area contributed by atoms with Crippen molar-refractivity contribution in [2.24, 2.45) is 12.5 Å². The predicted octanol–water partition coefficient (Wildman–Crippen LogP) is 3.72. The number of H-pyrrole nitrogens is 1. The van der Waals surface area contributed by atoms with Crippen molar-refractivity contribution in [3.63, 3.8) is 0 Å². The van der Waals surface area contributed by atoms with E-state index in [4.69, 9.17) is 9.47 Å². The number of rotatable bonds is 7. The third-order valence-electron chi connectivity index (χ3n) is 11.2. The number of ether oxygens (including phenoxy) is 2. The molecule has 2 aromatic heterocycles. The fraction of sp³-hybridized carbons (Fsp3) is 0.421. The summed E-state index contributed by atoms with van der Waals surface area (Å²) in [6.07, 6.45) is 4.62. The molecule has 6 heterocycles. The lowest BCUT2D eigenvalue weighted by Crippen LogP contribution is -2.60. The fourth-order valence-electron chi connectivity index (χ4n) is 8.40. The van der Waals surface area contributed by atoms with Gasteiger partial charge in [-0.25, -0.2) is 0 Å². The van der Waals surface area contributed by atoms with Gasteiger partial charge in [-0.05, 0) is 80.7 Å². The Morgan fingerprint density at radius 3 is 2.34 bits per heavy atom. The number of nitrogens with zero attached hydrogens (tertiary/aromatic N) is 4. The van der Waals surface area contributed by atoms with E-state index in [1.165, 1.54) is 0 Å². The Morgan fingerprint density at radius 1 is 0.940 bits per heavy atom. The maximum atomic E-state index is 13.4. The first-order chi connectivity index (χ1) is 24.1. The van der Waals surface area contributed by atoms with Crippen LogP contribution >= 0.6 is 0 Å². The number of likely N-dealkylation sites (tertiary alicyclic amines) is 1. The van der Waals surface area contributed by atoms with Crippen molar-refractivity contribution in [2.45, 2.75) is 51.7 Å². The normalized spacial score (nSPS) is 20.3. The highest BCUT2D eigenvalue weighted by Crippen LogP contribution is 2.45. The largest absolute Gasteiger partial charge is 0.496 e. The number of aryl methyl sites for hydroxylation is 2. The lowest BCUT2D eigenvalue weighted by atomic mass is 9.71. The van der Waals surface area contributed by atoms with E-state index in [-0.39, 0.29) is 35.1 Å². The van der Waals surface area contributed by atoms with Crippen LogP contribution in [0.1, 0.15) is 52.9 Å². The number of nitrogens with one attached hydrogen (secondary N) is 2. The minimum Gasteiger partial charge on any atom is -0.496 e. The number of carbonyl (C=O) groups is 3. The monoisotopic (exact) mass is 678 g/mol. The average Bonchev–Trinajstić information content (AvgIpc) is 3.65. The van der Waals surface area contributed by atoms with E-state index in [0.717, 1.165) is 89.5 Å². The Bertz CT molecular complexity index is 2090. The Balaban J connectivity index is 0.930. The minimum atomic E-state index is -0.605. The fourth-order valence-corrected chi connectivity index (χ4v) is 8.40. The minimum absolute atomic E-state index is 0.0643. The molecule has 12 nitrogen and oxygen atoms in total. The number of aromatic amines is 1. The van der Waals surface area contributed by atoms with Crippen LogP contribution in [0.15, 0.2) is 47.4 Å². The smallest absolute Gasteiger partial charge is 0.274 e. The van der Waals surface area contributed by atoms with Crippen molar-refractivity contribution in [1.82, 2.24) is 24.7 Å². The molecule has 2 aromatic carbocycles. The molecule has 2 N–H and O–H groups in total. The van der Waals surface area contributed by atoms with Gasteiger partial charge in [0.25, 0.3) is 11.5 Å². The zero-order chi connectivity index (χ0) is 34.9. The number of methoxy groups -OCH3 is 2. The molecule has 12 heteroatoms. The van der Waals surface area contributed by atoms with E-state index in [9.17, 15) is 19.2 Å². The molecule has 50 heavy (non-hydrogen) atoms. The van der Waals surface area contributed by atoms with Gasteiger partial charge in [-0.15, -0.1) is 0 Å². The van der Waals surface area contributed by atoms with Crippen LogP contribution in [0.25, 0.3) is 22.0 Å². The van der Waals surface area contributed by atoms with Gasteiger partial charge in [0.2, 0.25) is 11.8 Å². The summed E-state index contributed by atoms with van der Waals surface area (Å²) in [5.41, 5.74) is 7.16. The topological polar surface area (TPSA) is 129 Å². The maximum absolute atomic E-state index is 13.4. The zero-order valence-electron chi connectivity index (χ0n) is 28.9. The molecule has 1 unspecified atom stereocenters. The third-order valence-corrected chi connectivity index (χ3v) is 11.2. The molecule has 1 spiro atoms. The summed E-state index contributed by atoms with van der Waals surface area (Å²) in [5, 5.41) is 3.25. The molecule has 3 saturated heterocycles. The number of piperidine rings is 2. The first-order valence-electron chi connectivity index (χ1n) is 17.3. The Labute approximate surface area is 289 Å². The summed E-state index contributed by atoms with van der Waals surface area (Å²) in [4.78, 5) is 59.8. The highest BCUT2D eigenvalue weighted by molar-refractivity contribution is 6.05. The van der Waals surface area contributed by atoms with E-state index in [0.29, 0.717) is 30.6 Å². The van der Waals surface area contributed by atoms with Gasteiger partial charge in [0.05, 0.1) is 19.8 Å². The van der Waals surface area contributed by atoms with Crippen LogP contribution in [-0.4, -0.2) is 83.5 Å². The van der Waals surface area contributed by atoms with Crippen LogP contribution in [0.5, 0.6) is 11.5 Å². The Kier molecular flexibility index (Phi) is 7.74. The highest BCUT2D eigenvalue weighted by atomic mass is 16.5. The van der Waals surface area contributed by atoms with Gasteiger partial charge in [0.15, 0.2) is 0 Å². The summed E-state index contributed by atoms with van der Waals surface area (Å²) in [5.74, 6) is 0.705. The molecule has 1 atom stereocenters. The maximum Gasteiger partial charge on any atom is 0.274 e. The number of carbonyl (C=O) groups excluding carboxylic acids is 3. The number of hydrogen-bond donors (Lipinski definition) is 2. The third kappa shape index (κ3) is 5.33. The molecule has 8 rings (SSSR count). The van der Waals surface area contributed by atoms with Crippen LogP contribution in [0.4, 0.5) is 5.69 Å². The lowest BCUT2D eigenvalue weighted by Gasteiger charge is -2.55. The number of benzene rings is 2. The number of pyridine rings is 1. The molecular formula is C38H42N6O6. The molecule has 0 radical (unpaired) electrons. The van der Waals surface area contributed by atoms with E-state index in [1.807, 2.05) is 43.5 Å². The van der Waals surface area contributed by atoms with Crippen LogP contribution in [-0.2, 0) is 29.7 Å². The quantitative estimate of drug-likeness (QED) is 0.283. The number of fused-ring (bicyclic) bond motifs is 2. The zero-order valence-corrected chi connectivity index (χ0v) is 28.9. The second-order valence-electron chi connectivity index (χ2n) is 14.4. The van der Waals surface area contributed by atoms with Crippen LogP contribution in [0, 0.1) is 12.3 Å². The van der Waals surface area contributed by atoms with Gasteiger partial charge < -0.3 is 28.8 Å². The molecule has 0 bridgehead atoms. The van der Waals surface area contributed by atoms with Crippen molar-refractivity contribution >= 4 is 34.3 Å². The van der Waals surface area contributed by atoms with Crippen molar-refractivity contribution in [3.05, 3.63) is 75.3 Å². The van der Waals surface area contributed by atoms with Gasteiger partial charge in [-0.1, -0.05) is 6.07 Å². The molecule has 4 aliphatic heterocycles. The van der Waals surface area contributed by atoms with Gasteiger partial charge in [-0.3, -0.25) is 29.4 Å². The Hall–Kier alpha value is -5.10. The van der Waals surface area contributed by atoms with E-state index in [1.54, 1.807) is 30.7 Å². The van der Waals surface area contributed by atoms with Crippen molar-refractivity contribution in [1.29, 1.82) is 0 Å². The Morgan fingerprint density at radius 2 is 1.66 bits per heavy atom. The summed E-state index contributed by atoms with van der Waals surface area (Å²) < 4.78 is 13.5. The first-order valence-corrected chi connectivity index (χ1v) is 17.3. The molecule has 4 aliphatic rings. The lowest BCUT2D eigenvalue weighted by molar-refractivity contribution is -0.136. The molecule has 3 fully saturated rings.